The lowest BCUT2D eigenvalue weighted by atomic mass is 9.80. The summed E-state index contributed by atoms with van der Waals surface area (Å²) in [4.78, 5) is 11.9. The Labute approximate surface area is 112 Å². The summed E-state index contributed by atoms with van der Waals surface area (Å²) in [7, 11) is 0. The zero-order valence-corrected chi connectivity index (χ0v) is 11.9. The first-order valence-corrected chi connectivity index (χ1v) is 7.85. The van der Waals surface area contributed by atoms with Crippen LogP contribution < -0.4 is 5.32 Å². The third kappa shape index (κ3) is 3.68. The second kappa shape index (κ2) is 6.74. The molecule has 2 rings (SSSR count). The topological polar surface area (TPSA) is 38.3 Å². The van der Waals surface area contributed by atoms with Gasteiger partial charge in [0.05, 0.1) is 12.5 Å². The first-order valence-electron chi connectivity index (χ1n) is 6.72. The second-order valence-corrected chi connectivity index (χ2v) is 5.91. The number of carbonyl (C=O) groups is 1. The Hall–Kier alpha value is -0.0900. The number of hydrogen-bond acceptors (Lipinski definition) is 2. The fourth-order valence-electron chi connectivity index (χ4n) is 2.87. The number of halogens is 1. The lowest BCUT2D eigenvalue weighted by molar-refractivity contribution is -0.125. The molecule has 1 amide bonds. The monoisotopic (exact) mass is 303 g/mol. The molecule has 2 fully saturated rings. The van der Waals surface area contributed by atoms with Crippen LogP contribution in [0.1, 0.15) is 32.1 Å². The highest BCUT2D eigenvalue weighted by molar-refractivity contribution is 9.09. The van der Waals surface area contributed by atoms with Gasteiger partial charge in [-0.05, 0) is 31.1 Å². The van der Waals surface area contributed by atoms with Gasteiger partial charge in [0.1, 0.15) is 0 Å². The molecule has 3 unspecified atom stereocenters. The van der Waals surface area contributed by atoms with Crippen molar-refractivity contribution >= 4 is 21.8 Å². The minimum atomic E-state index is 0.0982. The standard InChI is InChI=1S/C13H22BrNO2/c14-7-10-3-1-2-4-11(10)8-15-13(16)12-5-6-17-9-12/h10-12H,1-9H2,(H,15,16). The molecule has 0 aromatic heterocycles. The zero-order chi connectivity index (χ0) is 12.1. The van der Waals surface area contributed by atoms with E-state index >= 15 is 0 Å². The number of amides is 1. The van der Waals surface area contributed by atoms with Crippen molar-refractivity contribution in [3.63, 3.8) is 0 Å². The molecule has 1 aliphatic carbocycles. The molecular formula is C13H22BrNO2. The second-order valence-electron chi connectivity index (χ2n) is 5.26. The minimum Gasteiger partial charge on any atom is -0.381 e. The summed E-state index contributed by atoms with van der Waals surface area (Å²) in [5, 5.41) is 4.19. The quantitative estimate of drug-likeness (QED) is 0.810. The molecule has 0 aromatic carbocycles. The SMILES string of the molecule is O=C(NCC1CCCCC1CBr)C1CCOC1. The molecule has 1 saturated carbocycles. The minimum absolute atomic E-state index is 0.0982. The average molecular weight is 304 g/mol. The Bertz CT molecular complexity index is 254. The van der Waals surface area contributed by atoms with Gasteiger partial charge in [-0.15, -0.1) is 0 Å². The molecule has 3 atom stereocenters. The van der Waals surface area contributed by atoms with E-state index in [4.69, 9.17) is 4.74 Å². The summed E-state index contributed by atoms with van der Waals surface area (Å²) in [6.07, 6.45) is 6.11. The van der Waals surface area contributed by atoms with Crippen LogP contribution in [-0.2, 0) is 9.53 Å². The van der Waals surface area contributed by atoms with Crippen molar-refractivity contribution in [1.29, 1.82) is 0 Å². The molecule has 0 radical (unpaired) electrons. The van der Waals surface area contributed by atoms with Crippen LogP contribution in [0.2, 0.25) is 0 Å². The molecule has 98 valence electrons. The molecule has 0 bridgehead atoms. The fourth-order valence-corrected chi connectivity index (χ4v) is 3.73. The smallest absolute Gasteiger partial charge is 0.225 e. The lowest BCUT2D eigenvalue weighted by Gasteiger charge is -2.30. The summed E-state index contributed by atoms with van der Waals surface area (Å²) in [5.74, 6) is 1.70. The van der Waals surface area contributed by atoms with Crippen LogP contribution in [-0.4, -0.2) is 31.0 Å². The highest BCUT2D eigenvalue weighted by atomic mass is 79.9. The van der Waals surface area contributed by atoms with Crippen LogP contribution in [0, 0.1) is 17.8 Å². The largest absolute Gasteiger partial charge is 0.381 e. The van der Waals surface area contributed by atoms with Crippen LogP contribution in [0.4, 0.5) is 0 Å². The third-order valence-electron chi connectivity index (χ3n) is 4.10. The maximum atomic E-state index is 11.9. The number of ether oxygens (including phenoxy) is 1. The highest BCUT2D eigenvalue weighted by Crippen LogP contribution is 2.30. The van der Waals surface area contributed by atoms with Crippen molar-refractivity contribution < 1.29 is 9.53 Å². The Balaban J connectivity index is 1.74. The predicted octanol–water partition coefficient (Wildman–Crippen LogP) is 2.34. The van der Waals surface area contributed by atoms with Gasteiger partial charge < -0.3 is 10.1 Å². The molecule has 1 N–H and O–H groups in total. The van der Waals surface area contributed by atoms with Crippen molar-refractivity contribution in [2.24, 2.45) is 17.8 Å². The van der Waals surface area contributed by atoms with Crippen molar-refractivity contribution in [2.45, 2.75) is 32.1 Å². The predicted molar refractivity (Wildman–Crippen MR) is 71.2 cm³/mol. The molecule has 1 heterocycles. The van der Waals surface area contributed by atoms with E-state index in [0.29, 0.717) is 12.5 Å². The van der Waals surface area contributed by atoms with Gasteiger partial charge in [-0.1, -0.05) is 28.8 Å². The maximum Gasteiger partial charge on any atom is 0.225 e. The van der Waals surface area contributed by atoms with Crippen molar-refractivity contribution in [3.05, 3.63) is 0 Å². The third-order valence-corrected chi connectivity index (χ3v) is 4.94. The van der Waals surface area contributed by atoms with Gasteiger partial charge in [-0.2, -0.15) is 0 Å². The van der Waals surface area contributed by atoms with Gasteiger partial charge in [-0.3, -0.25) is 4.79 Å². The van der Waals surface area contributed by atoms with Crippen LogP contribution >= 0.6 is 15.9 Å². The van der Waals surface area contributed by atoms with Crippen molar-refractivity contribution in [3.8, 4) is 0 Å². The molecule has 1 saturated heterocycles. The molecule has 17 heavy (non-hydrogen) atoms. The molecule has 4 heteroatoms. The van der Waals surface area contributed by atoms with E-state index in [1.165, 1.54) is 25.7 Å². The molecule has 0 aromatic rings. The molecule has 0 spiro atoms. The highest BCUT2D eigenvalue weighted by Gasteiger charge is 2.27. The summed E-state index contributed by atoms with van der Waals surface area (Å²) in [6, 6.07) is 0. The van der Waals surface area contributed by atoms with E-state index in [9.17, 15) is 4.79 Å². The van der Waals surface area contributed by atoms with E-state index in [2.05, 4.69) is 21.2 Å². The average Bonchev–Trinajstić information content (AvgIpc) is 2.90. The van der Waals surface area contributed by atoms with Gasteiger partial charge in [-0.25, -0.2) is 0 Å². The fraction of sp³-hybridized carbons (Fsp3) is 0.923. The normalized spacial score (nSPS) is 33.6. The molecule has 3 nitrogen and oxygen atoms in total. The van der Waals surface area contributed by atoms with E-state index in [1.54, 1.807) is 0 Å². The summed E-state index contributed by atoms with van der Waals surface area (Å²) in [5.41, 5.74) is 0. The van der Waals surface area contributed by atoms with E-state index in [-0.39, 0.29) is 11.8 Å². The Morgan fingerprint density at radius 2 is 2.00 bits per heavy atom. The summed E-state index contributed by atoms with van der Waals surface area (Å²) in [6.45, 7) is 2.20. The number of carbonyl (C=O) groups excluding carboxylic acids is 1. The number of alkyl halides is 1. The Morgan fingerprint density at radius 3 is 2.65 bits per heavy atom. The summed E-state index contributed by atoms with van der Waals surface area (Å²) >= 11 is 3.59. The zero-order valence-electron chi connectivity index (χ0n) is 10.3. The van der Waals surface area contributed by atoms with Crippen LogP contribution in [0.15, 0.2) is 0 Å². The van der Waals surface area contributed by atoms with Crippen LogP contribution in [0.5, 0.6) is 0 Å². The van der Waals surface area contributed by atoms with E-state index in [0.717, 1.165) is 30.8 Å². The number of nitrogens with one attached hydrogen (secondary N) is 1. The number of hydrogen-bond donors (Lipinski definition) is 1. The molecular weight excluding hydrogens is 282 g/mol. The van der Waals surface area contributed by atoms with Gasteiger partial charge in [0.15, 0.2) is 0 Å². The van der Waals surface area contributed by atoms with Gasteiger partial charge in [0.25, 0.3) is 0 Å². The first kappa shape index (κ1) is 13.3. The van der Waals surface area contributed by atoms with E-state index < -0.39 is 0 Å². The molecule has 1 aliphatic heterocycles. The van der Waals surface area contributed by atoms with Crippen LogP contribution in [0.25, 0.3) is 0 Å². The Morgan fingerprint density at radius 1 is 1.24 bits per heavy atom. The maximum absolute atomic E-state index is 11.9. The van der Waals surface area contributed by atoms with Gasteiger partial charge in [0.2, 0.25) is 5.91 Å². The molecule has 2 aliphatic rings. The van der Waals surface area contributed by atoms with Crippen molar-refractivity contribution in [1.82, 2.24) is 5.32 Å². The van der Waals surface area contributed by atoms with Gasteiger partial charge in [0, 0.05) is 18.5 Å². The first-order chi connectivity index (χ1) is 8.31. The van der Waals surface area contributed by atoms with E-state index in [1.807, 2.05) is 0 Å². The van der Waals surface area contributed by atoms with Gasteiger partial charge >= 0.3 is 0 Å². The van der Waals surface area contributed by atoms with Crippen LogP contribution in [0.3, 0.4) is 0 Å². The van der Waals surface area contributed by atoms with Crippen molar-refractivity contribution in [2.75, 3.05) is 25.1 Å². The lowest BCUT2D eigenvalue weighted by Crippen LogP contribution is -2.38. The Kier molecular flexibility index (Phi) is 5.29. The number of rotatable bonds is 4. The summed E-state index contributed by atoms with van der Waals surface area (Å²) < 4.78 is 5.24.